The van der Waals surface area contributed by atoms with Crippen molar-refractivity contribution in [3.63, 3.8) is 0 Å². The van der Waals surface area contributed by atoms with Crippen LogP contribution in [0.2, 0.25) is 0 Å². The maximum atomic E-state index is 12.8. The number of halogens is 2. The van der Waals surface area contributed by atoms with Gasteiger partial charge in [-0.05, 0) is 43.9 Å². The molecule has 0 unspecified atom stereocenters. The van der Waals surface area contributed by atoms with Crippen LogP contribution >= 0.6 is 24.8 Å². The van der Waals surface area contributed by atoms with Crippen LogP contribution < -0.4 is 10.6 Å². The van der Waals surface area contributed by atoms with Gasteiger partial charge in [0.15, 0.2) is 0 Å². The summed E-state index contributed by atoms with van der Waals surface area (Å²) in [7, 11) is 0. The van der Waals surface area contributed by atoms with E-state index in [0.717, 1.165) is 51.9 Å². The smallest absolute Gasteiger partial charge is 0.242 e. The van der Waals surface area contributed by atoms with Crippen molar-refractivity contribution in [2.45, 2.75) is 51.5 Å². The molecule has 142 valence electrons. The first-order chi connectivity index (χ1) is 11.0. The highest BCUT2D eigenvalue weighted by Gasteiger charge is 2.39. The Morgan fingerprint density at radius 3 is 2.20 bits per heavy atom. The Hall–Kier alpha value is -0.970. The topological polar surface area (TPSA) is 49.6 Å². The first-order valence-corrected chi connectivity index (χ1v) is 8.91. The van der Waals surface area contributed by atoms with Crippen LogP contribution in [0.25, 0.3) is 0 Å². The van der Waals surface area contributed by atoms with Gasteiger partial charge in [0, 0.05) is 31.9 Å². The predicted octanol–water partition coefficient (Wildman–Crippen LogP) is 3.46. The highest BCUT2D eigenvalue weighted by Crippen LogP contribution is 2.29. The number of hydrogen-bond donors (Lipinski definition) is 1. The zero-order chi connectivity index (χ0) is 16.4. The van der Waals surface area contributed by atoms with Crippen LogP contribution in [0.1, 0.15) is 43.2 Å². The Labute approximate surface area is 163 Å². The molecule has 0 aromatic heterocycles. The number of rotatable bonds is 2. The quantitative estimate of drug-likeness (QED) is 0.844. The number of nitrogens with zero attached hydrogens (tertiary/aromatic N) is 2. The van der Waals surface area contributed by atoms with E-state index in [1.54, 1.807) is 0 Å². The summed E-state index contributed by atoms with van der Waals surface area (Å²) in [6, 6.07) is 6.46. The van der Waals surface area contributed by atoms with Crippen LogP contribution in [-0.2, 0) is 4.79 Å². The van der Waals surface area contributed by atoms with Crippen molar-refractivity contribution in [3.8, 4) is 0 Å². The second-order valence-electron chi connectivity index (χ2n) is 7.22. The van der Waals surface area contributed by atoms with Gasteiger partial charge in [-0.3, -0.25) is 4.79 Å². The van der Waals surface area contributed by atoms with Crippen LogP contribution in [0.5, 0.6) is 0 Å². The minimum atomic E-state index is -0.598. The summed E-state index contributed by atoms with van der Waals surface area (Å²) in [5.74, 6) is 0.179. The highest BCUT2D eigenvalue weighted by atomic mass is 35.5. The fourth-order valence-electron chi connectivity index (χ4n) is 3.94. The van der Waals surface area contributed by atoms with E-state index in [1.807, 2.05) is 4.90 Å². The number of carbonyl (C=O) groups is 1. The van der Waals surface area contributed by atoms with Crippen LogP contribution in [0.15, 0.2) is 18.2 Å². The molecule has 4 nitrogen and oxygen atoms in total. The summed E-state index contributed by atoms with van der Waals surface area (Å²) in [5, 5.41) is 0. The Morgan fingerprint density at radius 2 is 1.60 bits per heavy atom. The molecule has 3 rings (SSSR count). The second kappa shape index (κ2) is 9.11. The predicted molar refractivity (Wildman–Crippen MR) is 109 cm³/mol. The number of nitrogens with two attached hydrogens (primary N) is 1. The SMILES string of the molecule is Cc1cccc(N2CCN(C(=O)C3(N)CCCCC3)CC2)c1C.Cl.Cl. The molecule has 2 N–H and O–H groups in total. The molecule has 2 aliphatic rings. The zero-order valence-electron chi connectivity index (χ0n) is 15.3. The largest absolute Gasteiger partial charge is 0.368 e. The lowest BCUT2D eigenvalue weighted by Crippen LogP contribution is -2.60. The normalized spacial score (nSPS) is 19.6. The molecule has 1 heterocycles. The average Bonchev–Trinajstić information content (AvgIpc) is 2.58. The molecular formula is C19H31Cl2N3O. The number of amides is 1. The molecule has 1 amide bonds. The van der Waals surface area contributed by atoms with Crippen molar-refractivity contribution in [2.24, 2.45) is 5.73 Å². The molecule has 1 aliphatic carbocycles. The summed E-state index contributed by atoms with van der Waals surface area (Å²) in [6.45, 7) is 7.69. The molecule has 0 radical (unpaired) electrons. The number of anilines is 1. The molecule has 1 saturated carbocycles. The fraction of sp³-hybridized carbons (Fsp3) is 0.632. The lowest BCUT2D eigenvalue weighted by Gasteiger charge is -2.42. The maximum absolute atomic E-state index is 12.8. The van der Waals surface area contributed by atoms with Gasteiger partial charge < -0.3 is 15.5 Å². The van der Waals surface area contributed by atoms with E-state index < -0.39 is 5.54 Å². The summed E-state index contributed by atoms with van der Waals surface area (Å²) in [4.78, 5) is 17.2. The summed E-state index contributed by atoms with van der Waals surface area (Å²) in [6.07, 6.45) is 5.09. The van der Waals surface area contributed by atoms with Crippen molar-refractivity contribution in [1.82, 2.24) is 4.90 Å². The van der Waals surface area contributed by atoms with Gasteiger partial charge in [-0.15, -0.1) is 24.8 Å². The van der Waals surface area contributed by atoms with Crippen molar-refractivity contribution in [1.29, 1.82) is 0 Å². The highest BCUT2D eigenvalue weighted by molar-refractivity contribution is 5.86. The van der Waals surface area contributed by atoms with E-state index in [9.17, 15) is 4.79 Å². The van der Waals surface area contributed by atoms with Gasteiger partial charge in [-0.25, -0.2) is 0 Å². The molecular weight excluding hydrogens is 357 g/mol. The molecule has 0 atom stereocenters. The van der Waals surface area contributed by atoms with Gasteiger partial charge in [-0.2, -0.15) is 0 Å². The molecule has 1 aromatic rings. The third kappa shape index (κ3) is 4.60. The second-order valence-corrected chi connectivity index (χ2v) is 7.22. The van der Waals surface area contributed by atoms with Crippen LogP contribution in [0, 0.1) is 13.8 Å². The van der Waals surface area contributed by atoms with E-state index in [1.165, 1.54) is 23.2 Å². The molecule has 0 bridgehead atoms. The number of benzene rings is 1. The number of hydrogen-bond acceptors (Lipinski definition) is 3. The maximum Gasteiger partial charge on any atom is 0.242 e. The Balaban J connectivity index is 0.00000156. The summed E-state index contributed by atoms with van der Waals surface area (Å²) < 4.78 is 0. The first kappa shape index (κ1) is 22.1. The van der Waals surface area contributed by atoms with Crippen molar-refractivity contribution >= 4 is 36.4 Å². The Kier molecular flexibility index (Phi) is 8.04. The molecule has 25 heavy (non-hydrogen) atoms. The average molecular weight is 388 g/mol. The van der Waals surface area contributed by atoms with Gasteiger partial charge in [0.05, 0.1) is 5.54 Å². The lowest BCUT2D eigenvalue weighted by molar-refractivity contribution is -0.138. The molecule has 6 heteroatoms. The first-order valence-electron chi connectivity index (χ1n) is 8.91. The van der Waals surface area contributed by atoms with Crippen molar-refractivity contribution in [2.75, 3.05) is 31.1 Å². The number of carbonyl (C=O) groups excluding carboxylic acids is 1. The van der Waals surface area contributed by atoms with Crippen molar-refractivity contribution < 1.29 is 4.79 Å². The van der Waals surface area contributed by atoms with Crippen LogP contribution in [0.3, 0.4) is 0 Å². The van der Waals surface area contributed by atoms with Crippen LogP contribution in [-0.4, -0.2) is 42.5 Å². The third-order valence-electron chi connectivity index (χ3n) is 5.66. The molecule has 2 fully saturated rings. The Morgan fingerprint density at radius 1 is 1.00 bits per heavy atom. The van der Waals surface area contributed by atoms with Crippen molar-refractivity contribution in [3.05, 3.63) is 29.3 Å². The summed E-state index contributed by atoms with van der Waals surface area (Å²) in [5.41, 5.74) is 9.79. The Bertz CT molecular complexity index is 580. The number of piperazine rings is 1. The zero-order valence-corrected chi connectivity index (χ0v) is 16.9. The van der Waals surface area contributed by atoms with Gasteiger partial charge in [0.25, 0.3) is 0 Å². The third-order valence-corrected chi connectivity index (χ3v) is 5.66. The van der Waals surface area contributed by atoms with Gasteiger partial charge in [-0.1, -0.05) is 31.4 Å². The van der Waals surface area contributed by atoms with Gasteiger partial charge in [0.1, 0.15) is 0 Å². The van der Waals surface area contributed by atoms with E-state index >= 15 is 0 Å². The monoisotopic (exact) mass is 387 g/mol. The van der Waals surface area contributed by atoms with E-state index in [0.29, 0.717) is 0 Å². The standard InChI is InChI=1S/C19H29N3O.2ClH/c1-15-7-6-8-17(16(15)2)21-11-13-22(14-12-21)18(23)19(20)9-4-3-5-10-19;;/h6-8H,3-5,9-14,20H2,1-2H3;2*1H. The number of aryl methyl sites for hydroxylation is 1. The van der Waals surface area contributed by atoms with E-state index in [-0.39, 0.29) is 30.7 Å². The molecule has 1 saturated heterocycles. The molecule has 0 spiro atoms. The molecule has 1 aliphatic heterocycles. The minimum Gasteiger partial charge on any atom is -0.368 e. The minimum absolute atomic E-state index is 0. The molecule has 1 aromatic carbocycles. The van der Waals surface area contributed by atoms with Gasteiger partial charge in [0.2, 0.25) is 5.91 Å². The summed E-state index contributed by atoms with van der Waals surface area (Å²) >= 11 is 0. The van der Waals surface area contributed by atoms with E-state index in [4.69, 9.17) is 5.73 Å². The van der Waals surface area contributed by atoms with Crippen LogP contribution in [0.4, 0.5) is 5.69 Å². The van der Waals surface area contributed by atoms with Gasteiger partial charge >= 0.3 is 0 Å². The lowest BCUT2D eigenvalue weighted by atomic mass is 9.81. The fourth-order valence-corrected chi connectivity index (χ4v) is 3.94. The van der Waals surface area contributed by atoms with E-state index in [2.05, 4.69) is 36.9 Å².